The zero-order chi connectivity index (χ0) is 14.5. The summed E-state index contributed by atoms with van der Waals surface area (Å²) in [7, 11) is 0. The van der Waals surface area contributed by atoms with E-state index in [1.807, 2.05) is 4.90 Å². The molecule has 2 heterocycles. The van der Waals surface area contributed by atoms with Crippen LogP contribution >= 0.6 is 11.3 Å². The summed E-state index contributed by atoms with van der Waals surface area (Å²) in [5.74, 6) is -1.01. The predicted molar refractivity (Wildman–Crippen MR) is 78.5 cm³/mol. The maximum Gasteiger partial charge on any atom is 0.345 e. The third-order valence-corrected chi connectivity index (χ3v) is 4.56. The zero-order valence-corrected chi connectivity index (χ0v) is 12.4. The van der Waals surface area contributed by atoms with Gasteiger partial charge in [0.25, 0.3) is 5.91 Å². The minimum atomic E-state index is -0.974. The molecular formula is C14H20N2O3S. The number of nitrogens with one attached hydrogen (secondary N) is 1. The number of hydrogen-bond acceptors (Lipinski definition) is 4. The lowest BCUT2D eigenvalue weighted by atomic mass is 10.0. The standard InChI is InChI=1S/C14H20N2O3S/c1-2-9-16(10-5-7-15-8-6-10)13(17)11-3-4-12(20-11)14(18)19/h3-4,10,15H,2,5-9H2,1H3,(H,18,19). The van der Waals surface area contributed by atoms with Crippen LogP contribution in [0, 0.1) is 0 Å². The third kappa shape index (κ3) is 3.37. The van der Waals surface area contributed by atoms with Crippen molar-refractivity contribution in [2.24, 2.45) is 0 Å². The van der Waals surface area contributed by atoms with Crippen molar-refractivity contribution in [2.75, 3.05) is 19.6 Å². The number of amides is 1. The van der Waals surface area contributed by atoms with Crippen LogP contribution in [0.5, 0.6) is 0 Å². The highest BCUT2D eigenvalue weighted by Gasteiger charge is 2.26. The molecule has 1 aliphatic rings. The lowest BCUT2D eigenvalue weighted by Crippen LogP contribution is -2.46. The van der Waals surface area contributed by atoms with Crippen LogP contribution < -0.4 is 5.32 Å². The maximum atomic E-state index is 12.6. The summed E-state index contributed by atoms with van der Waals surface area (Å²) < 4.78 is 0. The van der Waals surface area contributed by atoms with Gasteiger partial charge >= 0.3 is 5.97 Å². The highest BCUT2D eigenvalue weighted by Crippen LogP contribution is 2.22. The van der Waals surface area contributed by atoms with Crippen molar-refractivity contribution in [1.82, 2.24) is 10.2 Å². The van der Waals surface area contributed by atoms with E-state index in [4.69, 9.17) is 5.11 Å². The molecule has 0 atom stereocenters. The van der Waals surface area contributed by atoms with Crippen LogP contribution in [0.3, 0.4) is 0 Å². The number of carbonyl (C=O) groups is 2. The summed E-state index contributed by atoms with van der Waals surface area (Å²) in [6.07, 6.45) is 2.83. The molecule has 20 heavy (non-hydrogen) atoms. The van der Waals surface area contributed by atoms with Crippen LogP contribution in [0.15, 0.2) is 12.1 Å². The van der Waals surface area contributed by atoms with Crippen LogP contribution in [0.25, 0.3) is 0 Å². The number of carboxylic acid groups (broad SMARTS) is 1. The Labute approximate surface area is 122 Å². The number of thiophene rings is 1. The number of nitrogens with zero attached hydrogens (tertiary/aromatic N) is 1. The Bertz CT molecular complexity index is 481. The Kier molecular flexibility index (Phi) is 5.14. The molecule has 2 rings (SSSR count). The van der Waals surface area contributed by atoms with Crippen LogP contribution in [0.2, 0.25) is 0 Å². The summed E-state index contributed by atoms with van der Waals surface area (Å²) in [6, 6.07) is 3.39. The molecule has 5 nitrogen and oxygen atoms in total. The lowest BCUT2D eigenvalue weighted by molar-refractivity contribution is 0.0647. The van der Waals surface area contributed by atoms with E-state index in [-0.39, 0.29) is 16.8 Å². The minimum absolute atomic E-state index is 0.0312. The molecule has 1 fully saturated rings. The van der Waals surface area contributed by atoms with Gasteiger partial charge in [-0.05, 0) is 44.5 Å². The van der Waals surface area contributed by atoms with Crippen LogP contribution in [-0.2, 0) is 0 Å². The summed E-state index contributed by atoms with van der Waals surface area (Å²) in [5, 5.41) is 12.2. The van der Waals surface area contributed by atoms with E-state index in [0.717, 1.165) is 50.2 Å². The van der Waals surface area contributed by atoms with Gasteiger partial charge in [0, 0.05) is 12.6 Å². The van der Waals surface area contributed by atoms with Crippen molar-refractivity contribution in [3.8, 4) is 0 Å². The summed E-state index contributed by atoms with van der Waals surface area (Å²) in [5.41, 5.74) is 0. The SMILES string of the molecule is CCCN(C(=O)c1ccc(C(=O)O)s1)C1CCNCC1. The topological polar surface area (TPSA) is 69.6 Å². The van der Waals surface area contributed by atoms with Crippen LogP contribution in [0.1, 0.15) is 45.5 Å². The van der Waals surface area contributed by atoms with E-state index in [1.165, 1.54) is 6.07 Å². The van der Waals surface area contributed by atoms with Gasteiger partial charge in [0.2, 0.25) is 0 Å². The molecule has 110 valence electrons. The Morgan fingerprint density at radius 2 is 2.00 bits per heavy atom. The number of piperidine rings is 1. The molecule has 0 radical (unpaired) electrons. The summed E-state index contributed by atoms with van der Waals surface area (Å²) in [4.78, 5) is 26.2. The molecule has 0 bridgehead atoms. The number of hydrogen-bond donors (Lipinski definition) is 2. The molecule has 1 aliphatic heterocycles. The fraction of sp³-hybridized carbons (Fsp3) is 0.571. The van der Waals surface area contributed by atoms with Gasteiger partial charge in [0.1, 0.15) is 4.88 Å². The molecular weight excluding hydrogens is 276 g/mol. The lowest BCUT2D eigenvalue weighted by Gasteiger charge is -2.34. The van der Waals surface area contributed by atoms with Crippen LogP contribution in [-0.4, -0.2) is 47.6 Å². The number of rotatable bonds is 5. The van der Waals surface area contributed by atoms with Crippen molar-refractivity contribution >= 4 is 23.2 Å². The average Bonchev–Trinajstić information content (AvgIpc) is 2.95. The molecule has 1 aromatic rings. The van der Waals surface area contributed by atoms with Crippen molar-refractivity contribution in [3.05, 3.63) is 21.9 Å². The molecule has 1 amide bonds. The Morgan fingerprint density at radius 1 is 1.35 bits per heavy atom. The number of aromatic carboxylic acids is 1. The normalized spacial score (nSPS) is 16.1. The van der Waals surface area contributed by atoms with E-state index in [1.54, 1.807) is 6.07 Å². The summed E-state index contributed by atoms with van der Waals surface area (Å²) >= 11 is 1.06. The van der Waals surface area contributed by atoms with Crippen molar-refractivity contribution < 1.29 is 14.7 Å². The van der Waals surface area contributed by atoms with Gasteiger partial charge in [-0.15, -0.1) is 11.3 Å². The van der Waals surface area contributed by atoms with Crippen molar-refractivity contribution in [2.45, 2.75) is 32.2 Å². The second kappa shape index (κ2) is 6.85. The molecule has 0 aliphatic carbocycles. The van der Waals surface area contributed by atoms with E-state index >= 15 is 0 Å². The zero-order valence-electron chi connectivity index (χ0n) is 11.6. The van der Waals surface area contributed by atoms with Gasteiger partial charge in [-0.3, -0.25) is 4.79 Å². The molecule has 0 spiro atoms. The van der Waals surface area contributed by atoms with Crippen LogP contribution in [0.4, 0.5) is 0 Å². The van der Waals surface area contributed by atoms with Gasteiger partial charge in [0.15, 0.2) is 0 Å². The smallest absolute Gasteiger partial charge is 0.345 e. The van der Waals surface area contributed by atoms with E-state index in [0.29, 0.717) is 4.88 Å². The highest BCUT2D eigenvalue weighted by molar-refractivity contribution is 7.15. The Hall–Kier alpha value is -1.40. The maximum absolute atomic E-state index is 12.6. The quantitative estimate of drug-likeness (QED) is 0.872. The first kappa shape index (κ1) is 15.0. The highest BCUT2D eigenvalue weighted by atomic mass is 32.1. The summed E-state index contributed by atoms with van der Waals surface area (Å²) in [6.45, 7) is 4.65. The second-order valence-corrected chi connectivity index (χ2v) is 6.03. The fourth-order valence-electron chi connectivity index (χ4n) is 2.52. The third-order valence-electron chi connectivity index (χ3n) is 3.50. The van der Waals surface area contributed by atoms with Gasteiger partial charge < -0.3 is 15.3 Å². The number of carboxylic acids is 1. The van der Waals surface area contributed by atoms with E-state index in [9.17, 15) is 9.59 Å². The predicted octanol–water partition coefficient (Wildman–Crippen LogP) is 2.05. The monoisotopic (exact) mass is 296 g/mol. The largest absolute Gasteiger partial charge is 0.477 e. The first-order valence-electron chi connectivity index (χ1n) is 6.98. The Morgan fingerprint density at radius 3 is 2.55 bits per heavy atom. The van der Waals surface area contributed by atoms with Gasteiger partial charge in [-0.25, -0.2) is 4.79 Å². The molecule has 0 unspecified atom stereocenters. The van der Waals surface area contributed by atoms with Gasteiger partial charge in [-0.2, -0.15) is 0 Å². The van der Waals surface area contributed by atoms with Gasteiger partial charge in [0.05, 0.1) is 4.88 Å². The fourth-order valence-corrected chi connectivity index (χ4v) is 3.32. The average molecular weight is 296 g/mol. The number of carbonyl (C=O) groups excluding carboxylic acids is 1. The molecule has 0 saturated carbocycles. The van der Waals surface area contributed by atoms with Gasteiger partial charge in [-0.1, -0.05) is 6.92 Å². The second-order valence-electron chi connectivity index (χ2n) is 4.95. The molecule has 6 heteroatoms. The molecule has 0 aromatic carbocycles. The van der Waals surface area contributed by atoms with E-state index in [2.05, 4.69) is 12.2 Å². The van der Waals surface area contributed by atoms with Crippen molar-refractivity contribution in [1.29, 1.82) is 0 Å². The molecule has 1 saturated heterocycles. The molecule has 1 aromatic heterocycles. The van der Waals surface area contributed by atoms with Crippen molar-refractivity contribution in [3.63, 3.8) is 0 Å². The van der Waals surface area contributed by atoms with E-state index < -0.39 is 5.97 Å². The Balaban J connectivity index is 2.14. The first-order chi connectivity index (χ1) is 9.63. The molecule has 2 N–H and O–H groups in total. The minimum Gasteiger partial charge on any atom is -0.477 e. The first-order valence-corrected chi connectivity index (χ1v) is 7.80.